The van der Waals surface area contributed by atoms with Gasteiger partial charge < -0.3 is 0 Å². The number of hydrogen-bond acceptors (Lipinski definition) is 3. The molecule has 0 bridgehead atoms. The lowest BCUT2D eigenvalue weighted by Crippen LogP contribution is -2.02. The van der Waals surface area contributed by atoms with Gasteiger partial charge in [0.15, 0.2) is 5.78 Å². The second-order valence-electron chi connectivity index (χ2n) is 6.15. The van der Waals surface area contributed by atoms with Gasteiger partial charge in [0.25, 0.3) is 0 Å². The topological polar surface area (TPSA) is 30.0 Å². The number of hydrogen-bond donors (Lipinski definition) is 0. The van der Waals surface area contributed by atoms with E-state index in [1.165, 1.54) is 10.3 Å². The van der Waals surface area contributed by atoms with E-state index in [1.807, 2.05) is 42.5 Å². The Balaban J connectivity index is 1.56. The van der Waals surface area contributed by atoms with E-state index in [0.717, 1.165) is 27.2 Å². The van der Waals surface area contributed by atoms with Crippen LogP contribution in [0.3, 0.4) is 0 Å². The summed E-state index contributed by atoms with van der Waals surface area (Å²) in [6.45, 7) is 2.08. The fourth-order valence-corrected chi connectivity index (χ4v) is 3.79. The molecule has 4 aromatic rings. The molecule has 2 nitrogen and oxygen atoms in total. The largest absolute Gasteiger partial charge is 0.294 e. The predicted octanol–water partition coefficient (Wildman–Crippen LogP) is 5.70. The Morgan fingerprint density at radius 1 is 0.960 bits per heavy atom. The zero-order chi connectivity index (χ0) is 17.2. The minimum atomic E-state index is 0.142. The van der Waals surface area contributed by atoms with E-state index in [2.05, 4.69) is 37.3 Å². The van der Waals surface area contributed by atoms with Gasteiger partial charge in [-0.2, -0.15) is 0 Å². The van der Waals surface area contributed by atoms with Crippen molar-refractivity contribution in [2.24, 2.45) is 0 Å². The Labute approximate surface area is 150 Å². The Bertz CT molecular complexity index is 1030. The molecule has 0 amide bonds. The minimum absolute atomic E-state index is 0.142. The van der Waals surface area contributed by atoms with Gasteiger partial charge >= 0.3 is 0 Å². The zero-order valence-electron chi connectivity index (χ0n) is 13.9. The maximum Gasteiger partial charge on any atom is 0.167 e. The van der Waals surface area contributed by atoms with Gasteiger partial charge in [0.1, 0.15) is 5.01 Å². The van der Waals surface area contributed by atoms with Gasteiger partial charge in [0.05, 0.1) is 10.2 Å². The third kappa shape index (κ3) is 3.37. The van der Waals surface area contributed by atoms with Crippen molar-refractivity contribution in [2.75, 3.05) is 0 Å². The summed E-state index contributed by atoms with van der Waals surface area (Å²) in [6, 6.07) is 23.9. The van der Waals surface area contributed by atoms with Crippen LogP contribution < -0.4 is 0 Å². The number of aryl methyl sites for hydroxylation is 1. The molecule has 4 rings (SSSR count). The van der Waals surface area contributed by atoms with Gasteiger partial charge in [-0.05, 0) is 30.2 Å². The van der Waals surface area contributed by atoms with E-state index in [-0.39, 0.29) is 5.78 Å². The van der Waals surface area contributed by atoms with E-state index < -0.39 is 0 Å². The number of thiazole rings is 1. The standard InChI is InChI=1S/C22H17NOS/c1-15-7-12-21-19(13-15)23-22(25-21)18-10-8-16(9-11-18)14-20(24)17-5-3-2-4-6-17/h2-13H,14H2,1H3. The smallest absolute Gasteiger partial charge is 0.167 e. The molecule has 122 valence electrons. The third-order valence-electron chi connectivity index (χ3n) is 4.20. The molecule has 0 spiro atoms. The fraction of sp³-hybridized carbons (Fsp3) is 0.0909. The molecule has 0 aliphatic heterocycles. The summed E-state index contributed by atoms with van der Waals surface area (Å²) in [6.07, 6.45) is 0.420. The van der Waals surface area contributed by atoms with Crippen LogP contribution in [0.2, 0.25) is 0 Å². The van der Waals surface area contributed by atoms with Crippen LogP contribution in [0, 0.1) is 6.92 Å². The number of fused-ring (bicyclic) bond motifs is 1. The van der Waals surface area contributed by atoms with Crippen molar-refractivity contribution in [3.05, 3.63) is 89.5 Å². The van der Waals surface area contributed by atoms with E-state index in [1.54, 1.807) is 11.3 Å². The van der Waals surface area contributed by atoms with Crippen LogP contribution in [-0.4, -0.2) is 10.8 Å². The van der Waals surface area contributed by atoms with Crippen LogP contribution in [0.15, 0.2) is 72.8 Å². The number of carbonyl (C=O) groups excluding carboxylic acids is 1. The Morgan fingerprint density at radius 2 is 1.72 bits per heavy atom. The van der Waals surface area contributed by atoms with E-state index in [4.69, 9.17) is 4.98 Å². The maximum atomic E-state index is 12.3. The van der Waals surface area contributed by atoms with Crippen molar-refractivity contribution in [3.8, 4) is 10.6 Å². The molecule has 0 atom stereocenters. The lowest BCUT2D eigenvalue weighted by molar-refractivity contribution is 0.0993. The first-order valence-corrected chi connectivity index (χ1v) is 9.05. The van der Waals surface area contributed by atoms with Crippen molar-refractivity contribution in [2.45, 2.75) is 13.3 Å². The molecule has 0 fully saturated rings. The summed E-state index contributed by atoms with van der Waals surface area (Å²) >= 11 is 1.70. The molecular formula is C22H17NOS. The number of aromatic nitrogens is 1. The van der Waals surface area contributed by atoms with Crippen LogP contribution in [0.25, 0.3) is 20.8 Å². The highest BCUT2D eigenvalue weighted by Gasteiger charge is 2.09. The summed E-state index contributed by atoms with van der Waals surface area (Å²) < 4.78 is 1.20. The summed E-state index contributed by atoms with van der Waals surface area (Å²) in [5, 5.41) is 1.02. The Kier molecular flexibility index (Phi) is 4.16. The molecule has 1 heterocycles. The van der Waals surface area contributed by atoms with E-state index in [9.17, 15) is 4.79 Å². The summed E-state index contributed by atoms with van der Waals surface area (Å²) in [7, 11) is 0. The molecule has 0 saturated heterocycles. The predicted molar refractivity (Wildman–Crippen MR) is 104 cm³/mol. The number of nitrogens with zero attached hydrogens (tertiary/aromatic N) is 1. The highest BCUT2D eigenvalue weighted by molar-refractivity contribution is 7.21. The maximum absolute atomic E-state index is 12.3. The number of ketones is 1. The van der Waals surface area contributed by atoms with Crippen molar-refractivity contribution in [1.82, 2.24) is 4.98 Å². The molecule has 0 saturated carbocycles. The van der Waals surface area contributed by atoms with Crippen molar-refractivity contribution >= 4 is 27.3 Å². The average Bonchev–Trinajstić information content (AvgIpc) is 3.06. The normalized spacial score (nSPS) is 10.9. The summed E-state index contributed by atoms with van der Waals surface area (Å²) in [5.74, 6) is 0.142. The van der Waals surface area contributed by atoms with Gasteiger partial charge in [-0.25, -0.2) is 4.98 Å². The molecule has 0 aliphatic carbocycles. The highest BCUT2D eigenvalue weighted by atomic mass is 32.1. The number of benzene rings is 3. The molecular weight excluding hydrogens is 326 g/mol. The molecule has 25 heavy (non-hydrogen) atoms. The lowest BCUT2D eigenvalue weighted by Gasteiger charge is -2.03. The lowest BCUT2D eigenvalue weighted by atomic mass is 10.0. The number of rotatable bonds is 4. The molecule has 3 heteroatoms. The average molecular weight is 343 g/mol. The minimum Gasteiger partial charge on any atom is -0.294 e. The van der Waals surface area contributed by atoms with Gasteiger partial charge in [-0.3, -0.25) is 4.79 Å². The van der Waals surface area contributed by atoms with Crippen molar-refractivity contribution < 1.29 is 4.79 Å². The molecule has 0 unspecified atom stereocenters. The quantitative estimate of drug-likeness (QED) is 0.445. The van der Waals surface area contributed by atoms with Crippen molar-refractivity contribution in [1.29, 1.82) is 0 Å². The van der Waals surface area contributed by atoms with Crippen LogP contribution in [0.4, 0.5) is 0 Å². The molecule has 0 aliphatic rings. The fourth-order valence-electron chi connectivity index (χ4n) is 2.84. The van der Waals surface area contributed by atoms with Gasteiger partial charge in [-0.15, -0.1) is 11.3 Å². The van der Waals surface area contributed by atoms with Crippen LogP contribution in [-0.2, 0) is 6.42 Å². The Hall–Kier alpha value is -2.78. The summed E-state index contributed by atoms with van der Waals surface area (Å²) in [5.41, 5.74) is 5.14. The first kappa shape index (κ1) is 15.7. The van der Waals surface area contributed by atoms with Crippen molar-refractivity contribution in [3.63, 3.8) is 0 Å². The highest BCUT2D eigenvalue weighted by Crippen LogP contribution is 2.30. The number of Topliss-reactive ketones (excluding diaryl/α,β-unsaturated/α-hetero) is 1. The Morgan fingerprint density at radius 3 is 2.48 bits per heavy atom. The van der Waals surface area contributed by atoms with Crippen LogP contribution >= 0.6 is 11.3 Å². The molecule has 0 N–H and O–H groups in total. The van der Waals surface area contributed by atoms with Gasteiger partial charge in [0, 0.05) is 17.5 Å². The molecule has 3 aromatic carbocycles. The van der Waals surface area contributed by atoms with Gasteiger partial charge in [-0.1, -0.05) is 60.7 Å². The zero-order valence-corrected chi connectivity index (χ0v) is 14.7. The second kappa shape index (κ2) is 6.61. The first-order chi connectivity index (χ1) is 12.2. The van der Waals surface area contributed by atoms with Crippen LogP contribution in [0.5, 0.6) is 0 Å². The SMILES string of the molecule is Cc1ccc2sc(-c3ccc(CC(=O)c4ccccc4)cc3)nc2c1. The second-order valence-corrected chi connectivity index (χ2v) is 7.18. The number of carbonyl (C=O) groups is 1. The third-order valence-corrected chi connectivity index (χ3v) is 5.29. The molecule has 1 aromatic heterocycles. The molecule has 0 radical (unpaired) electrons. The van der Waals surface area contributed by atoms with E-state index in [0.29, 0.717) is 6.42 Å². The van der Waals surface area contributed by atoms with E-state index >= 15 is 0 Å². The van der Waals surface area contributed by atoms with Crippen LogP contribution in [0.1, 0.15) is 21.5 Å². The monoisotopic (exact) mass is 343 g/mol. The van der Waals surface area contributed by atoms with Gasteiger partial charge in [0.2, 0.25) is 0 Å². The summed E-state index contributed by atoms with van der Waals surface area (Å²) in [4.78, 5) is 17.0. The first-order valence-electron chi connectivity index (χ1n) is 8.24.